The van der Waals surface area contributed by atoms with Gasteiger partial charge in [-0.1, -0.05) is 19.4 Å². The molecule has 3 aromatic rings. The summed E-state index contributed by atoms with van der Waals surface area (Å²) in [5.41, 5.74) is 6.07. The lowest BCUT2D eigenvalue weighted by molar-refractivity contribution is 0.730. The molecular weight excluding hydrogens is 284 g/mol. The van der Waals surface area contributed by atoms with Gasteiger partial charge >= 0.3 is 0 Å². The van der Waals surface area contributed by atoms with Gasteiger partial charge in [0.05, 0.1) is 17.9 Å². The SMILES string of the molecule is [CH2]CCCc1cc2c3c(n(Cc4ccccn4)c2nn1)CCC3. The molecule has 1 aliphatic rings. The van der Waals surface area contributed by atoms with Gasteiger partial charge in [0, 0.05) is 17.3 Å². The molecule has 0 saturated heterocycles. The Morgan fingerprint density at radius 3 is 2.91 bits per heavy atom. The van der Waals surface area contributed by atoms with Crippen LogP contribution in [0.1, 0.15) is 41.9 Å². The summed E-state index contributed by atoms with van der Waals surface area (Å²) in [4.78, 5) is 4.47. The molecule has 0 unspecified atom stereocenters. The van der Waals surface area contributed by atoms with Gasteiger partial charge in [-0.25, -0.2) is 0 Å². The first-order valence-corrected chi connectivity index (χ1v) is 8.42. The van der Waals surface area contributed by atoms with Crippen LogP contribution < -0.4 is 0 Å². The maximum atomic E-state index is 4.56. The van der Waals surface area contributed by atoms with Gasteiger partial charge in [0.25, 0.3) is 0 Å². The summed E-state index contributed by atoms with van der Waals surface area (Å²) in [5, 5.41) is 10.3. The standard InChI is InChI=1S/C19H21N4/c1-2-3-7-14-12-17-16-9-6-10-18(16)23(19(17)22-21-14)13-15-8-4-5-11-20-15/h4-5,8,11-12H,1-3,6-7,9-10,13H2. The molecule has 117 valence electrons. The smallest absolute Gasteiger partial charge is 0.163 e. The van der Waals surface area contributed by atoms with Crippen molar-refractivity contribution < 1.29 is 0 Å². The highest BCUT2D eigenvalue weighted by Crippen LogP contribution is 2.32. The Balaban J connectivity index is 1.78. The van der Waals surface area contributed by atoms with E-state index in [1.165, 1.54) is 23.1 Å². The van der Waals surface area contributed by atoms with E-state index in [-0.39, 0.29) is 0 Å². The Bertz CT molecular complexity index is 820. The van der Waals surface area contributed by atoms with Crippen LogP contribution in [-0.4, -0.2) is 19.7 Å². The number of aromatic nitrogens is 4. The molecule has 3 aromatic heterocycles. The van der Waals surface area contributed by atoms with E-state index in [0.717, 1.165) is 55.7 Å². The highest BCUT2D eigenvalue weighted by molar-refractivity contribution is 5.83. The van der Waals surface area contributed by atoms with Gasteiger partial charge in [0.15, 0.2) is 5.65 Å². The molecule has 0 aliphatic heterocycles. The second-order valence-corrected chi connectivity index (χ2v) is 6.22. The van der Waals surface area contributed by atoms with Crippen LogP contribution in [0.2, 0.25) is 0 Å². The van der Waals surface area contributed by atoms with E-state index < -0.39 is 0 Å². The molecule has 0 N–H and O–H groups in total. The van der Waals surface area contributed by atoms with Gasteiger partial charge in [0.1, 0.15) is 0 Å². The van der Waals surface area contributed by atoms with Crippen molar-refractivity contribution in [2.75, 3.05) is 0 Å². The molecule has 4 heteroatoms. The molecule has 4 nitrogen and oxygen atoms in total. The van der Waals surface area contributed by atoms with Crippen molar-refractivity contribution in [3.05, 3.63) is 60.0 Å². The fourth-order valence-electron chi connectivity index (χ4n) is 3.54. The summed E-state index contributed by atoms with van der Waals surface area (Å²) in [6.07, 6.45) is 8.35. The largest absolute Gasteiger partial charge is 0.322 e. The van der Waals surface area contributed by atoms with Crippen LogP contribution in [0.3, 0.4) is 0 Å². The van der Waals surface area contributed by atoms with Gasteiger partial charge in [-0.3, -0.25) is 4.98 Å². The highest BCUT2D eigenvalue weighted by Gasteiger charge is 2.23. The summed E-state index contributed by atoms with van der Waals surface area (Å²) >= 11 is 0. The third kappa shape index (κ3) is 2.62. The molecule has 3 heterocycles. The van der Waals surface area contributed by atoms with Crippen molar-refractivity contribution >= 4 is 11.0 Å². The van der Waals surface area contributed by atoms with Gasteiger partial charge in [-0.05, 0) is 55.9 Å². The minimum atomic E-state index is 0.777. The predicted molar refractivity (Wildman–Crippen MR) is 91.2 cm³/mol. The highest BCUT2D eigenvalue weighted by atomic mass is 15.2. The Morgan fingerprint density at radius 1 is 1.13 bits per heavy atom. The summed E-state index contributed by atoms with van der Waals surface area (Å²) in [5.74, 6) is 0. The third-order valence-corrected chi connectivity index (χ3v) is 4.65. The molecule has 0 atom stereocenters. The van der Waals surface area contributed by atoms with E-state index in [9.17, 15) is 0 Å². The van der Waals surface area contributed by atoms with Crippen LogP contribution in [0, 0.1) is 6.92 Å². The Kier molecular flexibility index (Phi) is 3.82. The van der Waals surface area contributed by atoms with E-state index >= 15 is 0 Å². The number of rotatable bonds is 5. The van der Waals surface area contributed by atoms with Crippen molar-refractivity contribution in [1.82, 2.24) is 19.7 Å². The van der Waals surface area contributed by atoms with E-state index in [0.29, 0.717) is 0 Å². The molecule has 0 fully saturated rings. The van der Waals surface area contributed by atoms with Crippen molar-refractivity contribution in [2.24, 2.45) is 0 Å². The van der Waals surface area contributed by atoms with Crippen molar-refractivity contribution in [3.8, 4) is 0 Å². The first-order chi connectivity index (χ1) is 11.4. The average molecular weight is 305 g/mol. The molecule has 1 aliphatic carbocycles. The lowest BCUT2D eigenvalue weighted by Gasteiger charge is -2.08. The number of fused-ring (bicyclic) bond motifs is 3. The number of pyridine rings is 1. The second-order valence-electron chi connectivity index (χ2n) is 6.22. The third-order valence-electron chi connectivity index (χ3n) is 4.65. The van der Waals surface area contributed by atoms with E-state index in [1.54, 1.807) is 0 Å². The van der Waals surface area contributed by atoms with E-state index in [4.69, 9.17) is 0 Å². The Morgan fingerprint density at radius 2 is 2.09 bits per heavy atom. The quantitative estimate of drug-likeness (QED) is 0.724. The number of hydrogen-bond donors (Lipinski definition) is 0. The number of aryl methyl sites for hydroxylation is 2. The lowest BCUT2D eigenvalue weighted by Crippen LogP contribution is -2.06. The second kappa shape index (κ2) is 6.11. The Labute approximate surface area is 136 Å². The average Bonchev–Trinajstić information content (AvgIpc) is 3.17. The summed E-state index contributed by atoms with van der Waals surface area (Å²) in [6.45, 7) is 4.69. The maximum Gasteiger partial charge on any atom is 0.163 e. The van der Waals surface area contributed by atoms with Crippen LogP contribution in [-0.2, 0) is 25.8 Å². The first-order valence-electron chi connectivity index (χ1n) is 8.42. The van der Waals surface area contributed by atoms with Crippen molar-refractivity contribution in [1.29, 1.82) is 0 Å². The molecule has 0 aromatic carbocycles. The van der Waals surface area contributed by atoms with Crippen LogP contribution in [0.4, 0.5) is 0 Å². The summed E-state index contributed by atoms with van der Waals surface area (Å²) in [7, 11) is 0. The minimum Gasteiger partial charge on any atom is -0.322 e. The van der Waals surface area contributed by atoms with Crippen LogP contribution >= 0.6 is 0 Å². The number of unbranched alkanes of at least 4 members (excludes halogenated alkanes) is 1. The zero-order valence-corrected chi connectivity index (χ0v) is 13.3. The molecule has 23 heavy (non-hydrogen) atoms. The number of nitrogens with zero attached hydrogens (tertiary/aromatic N) is 4. The van der Waals surface area contributed by atoms with Crippen LogP contribution in [0.25, 0.3) is 11.0 Å². The molecular formula is C19H21N4. The zero-order chi connectivity index (χ0) is 15.6. The fourth-order valence-corrected chi connectivity index (χ4v) is 3.54. The molecule has 4 rings (SSSR count). The predicted octanol–water partition coefficient (Wildman–Crippen LogP) is 3.52. The zero-order valence-electron chi connectivity index (χ0n) is 13.3. The van der Waals surface area contributed by atoms with Gasteiger partial charge < -0.3 is 4.57 Å². The monoisotopic (exact) mass is 305 g/mol. The first kappa shape index (κ1) is 14.4. The minimum absolute atomic E-state index is 0.777. The van der Waals surface area contributed by atoms with Gasteiger partial charge in [0.2, 0.25) is 0 Å². The van der Waals surface area contributed by atoms with Crippen LogP contribution in [0.15, 0.2) is 30.5 Å². The van der Waals surface area contributed by atoms with Crippen molar-refractivity contribution in [3.63, 3.8) is 0 Å². The Hall–Kier alpha value is -2.23. The fraction of sp³-hybridized carbons (Fsp3) is 0.368. The molecule has 1 radical (unpaired) electrons. The normalized spacial score (nSPS) is 13.6. The molecule has 0 amide bonds. The summed E-state index contributed by atoms with van der Waals surface area (Å²) < 4.78 is 2.32. The molecule has 0 saturated carbocycles. The van der Waals surface area contributed by atoms with Crippen molar-refractivity contribution in [2.45, 2.75) is 45.1 Å². The lowest BCUT2D eigenvalue weighted by atomic mass is 10.1. The van der Waals surface area contributed by atoms with Gasteiger partial charge in [-0.15, -0.1) is 5.10 Å². The van der Waals surface area contributed by atoms with Gasteiger partial charge in [-0.2, -0.15) is 5.10 Å². The molecule has 0 spiro atoms. The molecule has 0 bridgehead atoms. The van der Waals surface area contributed by atoms with E-state index in [2.05, 4.69) is 38.8 Å². The number of hydrogen-bond acceptors (Lipinski definition) is 3. The topological polar surface area (TPSA) is 43.6 Å². The maximum absolute atomic E-state index is 4.56. The van der Waals surface area contributed by atoms with E-state index in [1.807, 2.05) is 18.3 Å². The van der Waals surface area contributed by atoms with Crippen LogP contribution in [0.5, 0.6) is 0 Å². The summed E-state index contributed by atoms with van der Waals surface area (Å²) in [6, 6.07) is 8.31.